The molecule has 4 rings (SSSR count). The van der Waals surface area contributed by atoms with Crippen LogP contribution in [0.25, 0.3) is 22.7 Å². The van der Waals surface area contributed by atoms with E-state index in [1.165, 1.54) is 0 Å². The fraction of sp³-hybridized carbons (Fsp3) is 0.0800. The van der Waals surface area contributed by atoms with Crippen molar-refractivity contribution in [2.45, 2.75) is 6.61 Å². The number of nitrogens with zero attached hydrogens (tertiary/aromatic N) is 3. The van der Waals surface area contributed by atoms with Gasteiger partial charge in [0.25, 0.3) is 0 Å². The smallest absolute Gasteiger partial charge is 0.161 e. The van der Waals surface area contributed by atoms with E-state index in [1.54, 1.807) is 25.3 Å². The highest BCUT2D eigenvalue weighted by Gasteiger charge is 2.10. The maximum atomic E-state index is 9.64. The summed E-state index contributed by atoms with van der Waals surface area (Å²) in [5.41, 5.74) is 4.45. The summed E-state index contributed by atoms with van der Waals surface area (Å²) >= 11 is 0. The molecule has 4 aromatic rings. The van der Waals surface area contributed by atoms with Crippen LogP contribution in [0.2, 0.25) is 0 Å². The molecule has 3 aromatic carbocycles. The fourth-order valence-electron chi connectivity index (χ4n) is 3.13. The van der Waals surface area contributed by atoms with Crippen molar-refractivity contribution in [1.29, 1.82) is 10.5 Å². The van der Waals surface area contributed by atoms with Crippen molar-refractivity contribution in [2.75, 3.05) is 7.11 Å². The number of rotatable bonds is 6. The number of fused-ring (bicyclic) bond motifs is 1. The van der Waals surface area contributed by atoms with E-state index in [0.29, 0.717) is 35.1 Å². The summed E-state index contributed by atoms with van der Waals surface area (Å²) in [5, 5.41) is 18.5. The Bertz CT molecular complexity index is 1310. The second-order valence-electron chi connectivity index (χ2n) is 6.78. The summed E-state index contributed by atoms with van der Waals surface area (Å²) in [7, 11) is 1.57. The van der Waals surface area contributed by atoms with Gasteiger partial charge >= 0.3 is 0 Å². The van der Waals surface area contributed by atoms with Crippen LogP contribution >= 0.6 is 0 Å². The Balaban J connectivity index is 1.56. The minimum absolute atomic E-state index is 0.347. The molecule has 31 heavy (non-hydrogen) atoms. The number of hydrogen-bond donors (Lipinski definition) is 1. The SMILES string of the molecule is COc1cc(/C=C(\C#N)c2nc3ccccc3[nH]2)ccc1OCc1ccc(C#N)cc1. The molecule has 0 bridgehead atoms. The van der Waals surface area contributed by atoms with Crippen molar-refractivity contribution >= 4 is 22.7 Å². The van der Waals surface area contributed by atoms with Crippen molar-refractivity contribution in [3.8, 4) is 23.6 Å². The molecule has 0 aliphatic heterocycles. The number of aromatic amines is 1. The number of benzene rings is 3. The second-order valence-corrected chi connectivity index (χ2v) is 6.78. The molecule has 0 fully saturated rings. The number of H-pyrrole nitrogens is 1. The summed E-state index contributed by atoms with van der Waals surface area (Å²) in [6.07, 6.45) is 1.75. The first-order valence-corrected chi connectivity index (χ1v) is 9.57. The molecule has 0 aliphatic rings. The van der Waals surface area contributed by atoms with Crippen LogP contribution in [-0.4, -0.2) is 17.1 Å². The number of allylic oxidation sites excluding steroid dienone is 1. The van der Waals surface area contributed by atoms with Gasteiger partial charge in [0, 0.05) is 0 Å². The van der Waals surface area contributed by atoms with Gasteiger partial charge in [-0.1, -0.05) is 30.3 Å². The molecule has 6 heteroatoms. The minimum Gasteiger partial charge on any atom is -0.493 e. The first-order chi connectivity index (χ1) is 15.2. The maximum absolute atomic E-state index is 9.64. The number of para-hydroxylation sites is 2. The van der Waals surface area contributed by atoms with Crippen LogP contribution in [0.5, 0.6) is 11.5 Å². The van der Waals surface area contributed by atoms with Crippen LogP contribution in [0.4, 0.5) is 0 Å². The largest absolute Gasteiger partial charge is 0.493 e. The lowest BCUT2D eigenvalue weighted by molar-refractivity contribution is 0.284. The molecule has 6 nitrogen and oxygen atoms in total. The van der Waals surface area contributed by atoms with E-state index in [4.69, 9.17) is 14.7 Å². The molecule has 150 valence electrons. The van der Waals surface area contributed by atoms with Gasteiger partial charge in [-0.25, -0.2) is 4.98 Å². The van der Waals surface area contributed by atoms with Gasteiger partial charge in [-0.15, -0.1) is 0 Å². The maximum Gasteiger partial charge on any atom is 0.161 e. The van der Waals surface area contributed by atoms with Gasteiger partial charge in [-0.3, -0.25) is 0 Å². The molecule has 1 aromatic heterocycles. The first kappa shape index (κ1) is 19.8. The van der Waals surface area contributed by atoms with Gasteiger partial charge in [-0.05, 0) is 53.6 Å². The van der Waals surface area contributed by atoms with Crippen molar-refractivity contribution in [1.82, 2.24) is 9.97 Å². The lowest BCUT2D eigenvalue weighted by Crippen LogP contribution is -1.98. The van der Waals surface area contributed by atoms with Crippen molar-refractivity contribution in [3.05, 3.63) is 89.2 Å². The third-order valence-corrected chi connectivity index (χ3v) is 4.74. The average molecular weight is 406 g/mol. The van der Waals surface area contributed by atoms with Crippen LogP contribution in [0.3, 0.4) is 0 Å². The second kappa shape index (κ2) is 8.86. The quantitative estimate of drug-likeness (QED) is 0.450. The standard InChI is InChI=1S/C25H18N4O2/c1-30-24-13-19(10-11-23(24)31-16-18-8-6-17(14-26)7-9-18)12-20(15-27)25-28-21-4-2-3-5-22(21)29-25/h2-13H,16H2,1H3,(H,28,29)/b20-12+. The zero-order valence-corrected chi connectivity index (χ0v) is 16.8. The number of aromatic nitrogens is 2. The zero-order valence-electron chi connectivity index (χ0n) is 16.8. The predicted molar refractivity (Wildman–Crippen MR) is 118 cm³/mol. The van der Waals surface area contributed by atoms with E-state index in [0.717, 1.165) is 22.2 Å². The Morgan fingerprint density at radius 1 is 1.03 bits per heavy atom. The number of hydrogen-bond acceptors (Lipinski definition) is 5. The van der Waals surface area contributed by atoms with Crippen LogP contribution in [0.1, 0.15) is 22.5 Å². The molecular weight excluding hydrogens is 388 g/mol. The third-order valence-electron chi connectivity index (χ3n) is 4.74. The zero-order chi connectivity index (χ0) is 21.6. The molecule has 0 spiro atoms. The number of nitrogens with one attached hydrogen (secondary N) is 1. The highest BCUT2D eigenvalue weighted by Crippen LogP contribution is 2.30. The van der Waals surface area contributed by atoms with Crippen molar-refractivity contribution < 1.29 is 9.47 Å². The number of ether oxygens (including phenoxy) is 2. The Hall–Kier alpha value is -4.55. The third kappa shape index (κ3) is 4.39. The molecule has 1 heterocycles. The summed E-state index contributed by atoms with van der Waals surface area (Å²) in [5.74, 6) is 1.67. The van der Waals surface area contributed by atoms with E-state index in [1.807, 2.05) is 54.6 Å². The normalized spacial score (nSPS) is 11.0. The van der Waals surface area contributed by atoms with Crippen LogP contribution < -0.4 is 9.47 Å². The Labute approximate surface area is 179 Å². The number of nitriles is 2. The van der Waals surface area contributed by atoms with Gasteiger partial charge in [-0.2, -0.15) is 10.5 Å². The van der Waals surface area contributed by atoms with Crippen LogP contribution in [-0.2, 0) is 6.61 Å². The van der Waals surface area contributed by atoms with E-state index in [2.05, 4.69) is 22.1 Å². The molecular formula is C25H18N4O2. The number of imidazole rings is 1. The van der Waals surface area contributed by atoms with Gasteiger partial charge in [0.15, 0.2) is 11.5 Å². The lowest BCUT2D eigenvalue weighted by Gasteiger charge is -2.11. The van der Waals surface area contributed by atoms with Gasteiger partial charge in [0.2, 0.25) is 0 Å². The molecule has 0 amide bonds. The summed E-state index contributed by atoms with van der Waals surface area (Å²) in [6, 6.07) is 24.6. The van der Waals surface area contributed by atoms with Gasteiger partial charge < -0.3 is 14.5 Å². The topological polar surface area (TPSA) is 94.7 Å². The summed E-state index contributed by atoms with van der Waals surface area (Å²) in [6.45, 7) is 0.347. The molecule has 0 saturated carbocycles. The van der Waals surface area contributed by atoms with E-state index in [9.17, 15) is 5.26 Å². The molecule has 0 atom stereocenters. The van der Waals surface area contributed by atoms with E-state index >= 15 is 0 Å². The molecule has 0 radical (unpaired) electrons. The highest BCUT2D eigenvalue weighted by atomic mass is 16.5. The van der Waals surface area contributed by atoms with Gasteiger partial charge in [0.1, 0.15) is 18.5 Å². The van der Waals surface area contributed by atoms with Crippen LogP contribution in [0, 0.1) is 22.7 Å². The van der Waals surface area contributed by atoms with Crippen molar-refractivity contribution in [2.24, 2.45) is 0 Å². The monoisotopic (exact) mass is 406 g/mol. The Morgan fingerprint density at radius 3 is 2.55 bits per heavy atom. The van der Waals surface area contributed by atoms with E-state index < -0.39 is 0 Å². The average Bonchev–Trinajstić information content (AvgIpc) is 3.26. The summed E-state index contributed by atoms with van der Waals surface area (Å²) < 4.78 is 11.4. The first-order valence-electron chi connectivity index (χ1n) is 9.57. The molecule has 0 saturated heterocycles. The Kier molecular flexibility index (Phi) is 5.64. The number of methoxy groups -OCH3 is 1. The molecule has 0 aliphatic carbocycles. The highest BCUT2D eigenvalue weighted by molar-refractivity contribution is 5.90. The fourth-order valence-corrected chi connectivity index (χ4v) is 3.13. The Morgan fingerprint density at radius 2 is 1.84 bits per heavy atom. The van der Waals surface area contributed by atoms with Crippen LogP contribution in [0.15, 0.2) is 66.7 Å². The minimum atomic E-state index is 0.347. The lowest BCUT2D eigenvalue weighted by atomic mass is 10.1. The molecule has 0 unspecified atom stereocenters. The summed E-state index contributed by atoms with van der Waals surface area (Å²) in [4.78, 5) is 7.67. The molecule has 1 N–H and O–H groups in total. The predicted octanol–water partition coefficient (Wildman–Crippen LogP) is 5.09. The van der Waals surface area contributed by atoms with Crippen molar-refractivity contribution in [3.63, 3.8) is 0 Å². The van der Waals surface area contributed by atoms with E-state index in [-0.39, 0.29) is 0 Å². The van der Waals surface area contributed by atoms with Gasteiger partial charge in [0.05, 0.1) is 35.3 Å².